The van der Waals surface area contributed by atoms with Gasteiger partial charge >= 0.3 is 0 Å². The molecule has 5 rings (SSSR count). The molecule has 0 spiro atoms. The Morgan fingerprint density at radius 2 is 1.78 bits per heavy atom. The molecule has 0 radical (unpaired) electrons. The van der Waals surface area contributed by atoms with Gasteiger partial charge in [-0.05, 0) is 24.5 Å². The Morgan fingerprint density at radius 3 is 2.56 bits per heavy atom. The molecule has 2 fully saturated rings. The van der Waals surface area contributed by atoms with Crippen LogP contribution in [0.15, 0.2) is 36.5 Å². The van der Waals surface area contributed by atoms with Crippen molar-refractivity contribution in [3.8, 4) is 0 Å². The summed E-state index contributed by atoms with van der Waals surface area (Å²) >= 11 is 0. The lowest BCUT2D eigenvalue weighted by Gasteiger charge is -2.38. The summed E-state index contributed by atoms with van der Waals surface area (Å²) in [5.74, 6) is 2.38. The number of hydrogen-bond acceptors (Lipinski definition) is 7. The van der Waals surface area contributed by atoms with Crippen LogP contribution in [-0.2, 0) is 22.1 Å². The normalized spacial score (nSPS) is 21.2. The highest BCUT2D eigenvalue weighted by Gasteiger charge is 2.29. The van der Waals surface area contributed by atoms with Crippen LogP contribution < -0.4 is 20.9 Å². The van der Waals surface area contributed by atoms with Crippen LogP contribution in [-0.4, -0.2) is 70.3 Å². The second-order valence-corrected chi connectivity index (χ2v) is 10.5. The van der Waals surface area contributed by atoms with Gasteiger partial charge in [0, 0.05) is 72.8 Å². The van der Waals surface area contributed by atoms with Gasteiger partial charge in [0.05, 0.1) is 24.1 Å². The van der Waals surface area contributed by atoms with Gasteiger partial charge in [-0.1, -0.05) is 18.2 Å². The SMILES string of the molecule is Nc1cnc(N2CCC(N3CC(=O)Nc4ccccc4C3)CC2)cc1N1CCS(=O)CC1. The number of aromatic nitrogens is 1. The number of nitrogens with two attached hydrogens (primary N) is 1. The molecule has 2 saturated heterocycles. The average molecular weight is 455 g/mol. The number of nitrogens with one attached hydrogen (secondary N) is 1. The fraction of sp³-hybridized carbons (Fsp3) is 0.478. The van der Waals surface area contributed by atoms with Gasteiger partial charge in [0.1, 0.15) is 5.82 Å². The lowest BCUT2D eigenvalue weighted by Crippen LogP contribution is -2.46. The van der Waals surface area contributed by atoms with Crippen molar-refractivity contribution in [2.45, 2.75) is 25.4 Å². The lowest BCUT2D eigenvalue weighted by atomic mass is 10.0. The molecule has 0 atom stereocenters. The van der Waals surface area contributed by atoms with Crippen molar-refractivity contribution in [3.05, 3.63) is 42.1 Å². The van der Waals surface area contributed by atoms with Crippen LogP contribution in [0.25, 0.3) is 0 Å². The number of rotatable bonds is 3. The van der Waals surface area contributed by atoms with E-state index in [1.54, 1.807) is 6.20 Å². The maximum atomic E-state index is 12.4. The van der Waals surface area contributed by atoms with Gasteiger partial charge in [-0.25, -0.2) is 4.98 Å². The van der Waals surface area contributed by atoms with E-state index in [9.17, 15) is 9.00 Å². The Labute approximate surface area is 191 Å². The maximum Gasteiger partial charge on any atom is 0.238 e. The first-order valence-electron chi connectivity index (χ1n) is 11.3. The molecular formula is C23H30N6O2S. The standard InChI is InChI=1S/C23H30N6O2S/c24-19-14-25-22(13-21(19)27-9-11-32(31)12-10-27)28-7-5-18(6-8-28)29-15-17-3-1-2-4-20(17)26-23(30)16-29/h1-4,13-14,18H,5-12,15-16,24H2,(H,26,30). The van der Waals surface area contributed by atoms with Crippen LogP contribution in [0, 0.1) is 0 Å². The van der Waals surface area contributed by atoms with Crippen molar-refractivity contribution in [2.24, 2.45) is 0 Å². The van der Waals surface area contributed by atoms with Crippen molar-refractivity contribution in [1.29, 1.82) is 0 Å². The fourth-order valence-corrected chi connectivity index (χ4v) is 5.97. The largest absolute Gasteiger partial charge is 0.396 e. The molecule has 0 bridgehead atoms. The Morgan fingerprint density at radius 1 is 1.03 bits per heavy atom. The average Bonchev–Trinajstić information content (AvgIpc) is 2.98. The third-order valence-corrected chi connectivity index (χ3v) is 8.01. The smallest absolute Gasteiger partial charge is 0.238 e. The first kappa shape index (κ1) is 21.2. The van der Waals surface area contributed by atoms with E-state index in [1.807, 2.05) is 18.2 Å². The molecule has 2 aromatic rings. The predicted molar refractivity (Wildman–Crippen MR) is 129 cm³/mol. The quantitative estimate of drug-likeness (QED) is 0.728. The number of anilines is 4. The number of benzene rings is 1. The van der Waals surface area contributed by atoms with Gasteiger partial charge < -0.3 is 20.9 Å². The molecule has 0 unspecified atom stereocenters. The monoisotopic (exact) mass is 454 g/mol. The molecule has 9 heteroatoms. The summed E-state index contributed by atoms with van der Waals surface area (Å²) in [6.45, 7) is 4.54. The zero-order chi connectivity index (χ0) is 22.1. The van der Waals surface area contributed by atoms with Crippen molar-refractivity contribution in [2.75, 3.05) is 65.1 Å². The molecule has 8 nitrogen and oxygen atoms in total. The predicted octanol–water partition coefficient (Wildman–Crippen LogP) is 1.66. The minimum absolute atomic E-state index is 0.0599. The van der Waals surface area contributed by atoms with E-state index in [0.717, 1.165) is 62.8 Å². The van der Waals surface area contributed by atoms with Gasteiger partial charge in [-0.15, -0.1) is 0 Å². The fourth-order valence-electron chi connectivity index (χ4n) is 4.92. The van der Waals surface area contributed by atoms with Crippen LogP contribution >= 0.6 is 0 Å². The third kappa shape index (κ3) is 4.45. The highest BCUT2D eigenvalue weighted by atomic mass is 32.2. The summed E-state index contributed by atoms with van der Waals surface area (Å²) in [6.07, 6.45) is 3.72. The second-order valence-electron chi connectivity index (χ2n) is 8.76. The molecule has 1 aromatic heterocycles. The minimum atomic E-state index is -0.717. The maximum absolute atomic E-state index is 12.4. The van der Waals surface area contributed by atoms with Crippen LogP contribution in [0.5, 0.6) is 0 Å². The van der Waals surface area contributed by atoms with Gasteiger partial charge in [0.2, 0.25) is 5.91 Å². The molecule has 3 aliphatic heterocycles. The topological polar surface area (TPSA) is 94.8 Å². The highest BCUT2D eigenvalue weighted by Crippen LogP contribution is 2.31. The molecule has 1 aromatic carbocycles. The summed E-state index contributed by atoms with van der Waals surface area (Å²) in [6, 6.07) is 10.5. The second kappa shape index (κ2) is 9.07. The molecule has 32 heavy (non-hydrogen) atoms. The van der Waals surface area contributed by atoms with Gasteiger partial charge in [-0.3, -0.25) is 13.9 Å². The number of nitrogens with zero attached hydrogens (tertiary/aromatic N) is 4. The molecule has 0 aliphatic carbocycles. The van der Waals surface area contributed by atoms with Crippen LogP contribution in [0.2, 0.25) is 0 Å². The number of pyridine rings is 1. The summed E-state index contributed by atoms with van der Waals surface area (Å²) in [5.41, 5.74) is 10.00. The Bertz CT molecular complexity index is 1010. The van der Waals surface area contributed by atoms with Crippen LogP contribution in [0.4, 0.5) is 22.9 Å². The minimum Gasteiger partial charge on any atom is -0.396 e. The van der Waals surface area contributed by atoms with Crippen molar-refractivity contribution in [1.82, 2.24) is 9.88 Å². The summed E-state index contributed by atoms with van der Waals surface area (Å²) in [4.78, 5) is 23.9. The number of piperidine rings is 1. The number of hydrogen-bond donors (Lipinski definition) is 2. The van der Waals surface area contributed by atoms with Crippen LogP contribution in [0.3, 0.4) is 0 Å². The van der Waals surface area contributed by atoms with Gasteiger partial charge in [0.25, 0.3) is 0 Å². The molecule has 4 heterocycles. The highest BCUT2D eigenvalue weighted by molar-refractivity contribution is 7.85. The number of para-hydroxylation sites is 1. The number of amides is 1. The molecule has 170 valence electrons. The molecule has 3 aliphatic rings. The van der Waals surface area contributed by atoms with Crippen molar-refractivity contribution >= 4 is 39.6 Å². The molecular weight excluding hydrogens is 424 g/mol. The van der Waals surface area contributed by atoms with E-state index in [1.165, 1.54) is 5.56 Å². The van der Waals surface area contributed by atoms with Gasteiger partial charge in [0.15, 0.2) is 0 Å². The molecule has 1 amide bonds. The number of carbonyl (C=O) groups excluding carboxylic acids is 1. The first-order valence-corrected chi connectivity index (χ1v) is 12.8. The third-order valence-electron chi connectivity index (χ3n) is 6.73. The lowest BCUT2D eigenvalue weighted by molar-refractivity contribution is -0.117. The Kier molecular flexibility index (Phi) is 6.01. The number of carbonyl (C=O) groups is 1. The number of fused-ring (bicyclic) bond motifs is 1. The van der Waals surface area contributed by atoms with Crippen molar-refractivity contribution < 1.29 is 9.00 Å². The molecule has 0 saturated carbocycles. The summed E-state index contributed by atoms with van der Waals surface area (Å²) < 4.78 is 11.7. The van der Waals surface area contributed by atoms with E-state index >= 15 is 0 Å². The summed E-state index contributed by atoms with van der Waals surface area (Å²) in [5, 5.41) is 3.03. The Balaban J connectivity index is 1.25. The zero-order valence-electron chi connectivity index (χ0n) is 18.2. The number of nitrogen functional groups attached to an aromatic ring is 1. The summed E-state index contributed by atoms with van der Waals surface area (Å²) in [7, 11) is -0.717. The van der Waals surface area contributed by atoms with Crippen LogP contribution in [0.1, 0.15) is 18.4 Å². The van der Waals surface area contributed by atoms with E-state index in [0.29, 0.717) is 29.8 Å². The van der Waals surface area contributed by atoms with Crippen molar-refractivity contribution in [3.63, 3.8) is 0 Å². The van der Waals surface area contributed by atoms with Gasteiger partial charge in [-0.2, -0.15) is 0 Å². The van der Waals surface area contributed by atoms with E-state index in [2.05, 4.69) is 37.1 Å². The van der Waals surface area contributed by atoms with E-state index in [4.69, 9.17) is 5.73 Å². The van der Waals surface area contributed by atoms with E-state index < -0.39 is 10.8 Å². The molecule has 3 N–H and O–H groups in total. The first-order chi connectivity index (χ1) is 15.6. The Hall–Kier alpha value is -2.65. The van der Waals surface area contributed by atoms with E-state index in [-0.39, 0.29) is 5.91 Å². The zero-order valence-corrected chi connectivity index (χ0v) is 19.0.